The van der Waals surface area contributed by atoms with Gasteiger partial charge in [0.2, 0.25) is 0 Å². The summed E-state index contributed by atoms with van der Waals surface area (Å²) in [6, 6.07) is 7.95. The van der Waals surface area contributed by atoms with Gasteiger partial charge in [-0.25, -0.2) is 0 Å². The van der Waals surface area contributed by atoms with Crippen molar-refractivity contribution in [1.82, 2.24) is 10.2 Å². The minimum absolute atomic E-state index is 0.658. The third-order valence-corrected chi connectivity index (χ3v) is 3.21. The molecule has 0 spiro atoms. The van der Waals surface area contributed by atoms with Crippen LogP contribution in [0.4, 0.5) is 0 Å². The van der Waals surface area contributed by atoms with Crippen molar-refractivity contribution in [1.29, 1.82) is 0 Å². The van der Waals surface area contributed by atoms with Crippen molar-refractivity contribution in [2.24, 2.45) is 5.92 Å². The van der Waals surface area contributed by atoms with Gasteiger partial charge in [0.15, 0.2) is 0 Å². The van der Waals surface area contributed by atoms with Crippen LogP contribution in [0.2, 0.25) is 0 Å². The molecule has 1 aromatic carbocycles. The molecule has 0 saturated heterocycles. The smallest absolute Gasteiger partial charge is 0.120 e. The van der Waals surface area contributed by atoms with Crippen LogP contribution in [0.15, 0.2) is 28.7 Å². The Morgan fingerprint density at radius 1 is 1.44 bits per heavy atom. The van der Waals surface area contributed by atoms with Crippen LogP contribution in [-0.2, 0) is 0 Å². The van der Waals surface area contributed by atoms with Crippen molar-refractivity contribution in [2.75, 3.05) is 40.3 Å². The molecule has 0 aliphatic carbocycles. The molecule has 1 aromatic rings. The number of nitrogens with zero attached hydrogens (tertiary/aromatic N) is 1. The van der Waals surface area contributed by atoms with Gasteiger partial charge in [-0.3, -0.25) is 0 Å². The van der Waals surface area contributed by atoms with Gasteiger partial charge in [0.25, 0.3) is 0 Å². The Labute approximate surface area is 119 Å². The normalized spacial score (nSPS) is 12.7. The van der Waals surface area contributed by atoms with E-state index in [1.165, 1.54) is 0 Å². The SMILES string of the molecule is CNCC(C)CN(C)CCOc1cccc(Br)c1. The topological polar surface area (TPSA) is 24.5 Å². The van der Waals surface area contributed by atoms with Crippen molar-refractivity contribution >= 4 is 15.9 Å². The molecular formula is C14H23BrN2O. The molecule has 0 fully saturated rings. The first-order chi connectivity index (χ1) is 8.61. The first kappa shape index (κ1) is 15.5. The summed E-state index contributed by atoms with van der Waals surface area (Å²) in [7, 11) is 4.13. The number of rotatable bonds is 8. The Bertz CT molecular complexity index is 346. The van der Waals surface area contributed by atoms with Gasteiger partial charge in [-0.1, -0.05) is 28.9 Å². The maximum absolute atomic E-state index is 5.71. The zero-order chi connectivity index (χ0) is 13.4. The molecule has 0 aliphatic rings. The summed E-state index contributed by atoms with van der Waals surface area (Å²) >= 11 is 3.44. The van der Waals surface area contributed by atoms with Crippen LogP contribution >= 0.6 is 15.9 Å². The summed E-state index contributed by atoms with van der Waals surface area (Å²) in [5.41, 5.74) is 0. The molecule has 102 valence electrons. The van der Waals surface area contributed by atoms with Gasteiger partial charge >= 0.3 is 0 Å². The first-order valence-corrected chi connectivity index (χ1v) is 7.12. The third kappa shape index (κ3) is 6.38. The zero-order valence-corrected chi connectivity index (χ0v) is 13.0. The van der Waals surface area contributed by atoms with Gasteiger partial charge in [-0.2, -0.15) is 0 Å². The molecule has 1 unspecified atom stereocenters. The molecule has 18 heavy (non-hydrogen) atoms. The highest BCUT2D eigenvalue weighted by molar-refractivity contribution is 9.10. The van der Waals surface area contributed by atoms with Gasteiger partial charge in [0.1, 0.15) is 12.4 Å². The van der Waals surface area contributed by atoms with Gasteiger partial charge < -0.3 is 15.0 Å². The average Bonchev–Trinajstić information content (AvgIpc) is 2.29. The van der Waals surface area contributed by atoms with Gasteiger partial charge in [0, 0.05) is 17.6 Å². The molecular weight excluding hydrogens is 292 g/mol. The predicted molar refractivity (Wildman–Crippen MR) is 80.2 cm³/mol. The highest BCUT2D eigenvalue weighted by atomic mass is 79.9. The second-order valence-corrected chi connectivity index (χ2v) is 5.65. The van der Waals surface area contributed by atoms with Crippen molar-refractivity contribution in [3.63, 3.8) is 0 Å². The summed E-state index contributed by atoms with van der Waals surface area (Å²) in [5, 5.41) is 3.20. The second kappa shape index (κ2) is 8.51. The Morgan fingerprint density at radius 2 is 2.22 bits per heavy atom. The summed E-state index contributed by atoms with van der Waals surface area (Å²) in [6.45, 7) is 6.06. The lowest BCUT2D eigenvalue weighted by Gasteiger charge is -2.21. The minimum atomic E-state index is 0.658. The average molecular weight is 315 g/mol. The number of hydrogen-bond acceptors (Lipinski definition) is 3. The van der Waals surface area contributed by atoms with Gasteiger partial charge in [-0.05, 0) is 44.8 Å². The summed E-state index contributed by atoms with van der Waals surface area (Å²) in [6.07, 6.45) is 0. The molecule has 4 heteroatoms. The van der Waals surface area contributed by atoms with E-state index >= 15 is 0 Å². The highest BCUT2D eigenvalue weighted by Gasteiger charge is 2.05. The molecule has 0 amide bonds. The first-order valence-electron chi connectivity index (χ1n) is 6.33. The van der Waals surface area contributed by atoms with E-state index in [4.69, 9.17) is 4.74 Å². The third-order valence-electron chi connectivity index (χ3n) is 2.71. The fourth-order valence-corrected chi connectivity index (χ4v) is 2.29. The van der Waals surface area contributed by atoms with E-state index in [0.29, 0.717) is 5.92 Å². The van der Waals surface area contributed by atoms with Gasteiger partial charge in [0.05, 0.1) is 0 Å². The van der Waals surface area contributed by atoms with Crippen LogP contribution in [0.3, 0.4) is 0 Å². The van der Waals surface area contributed by atoms with Crippen LogP contribution < -0.4 is 10.1 Å². The Hall–Kier alpha value is -0.580. The van der Waals surface area contributed by atoms with E-state index in [1.54, 1.807) is 0 Å². The number of likely N-dealkylation sites (N-methyl/N-ethyl adjacent to an activating group) is 1. The van der Waals surface area contributed by atoms with Crippen LogP contribution in [0.1, 0.15) is 6.92 Å². The molecule has 1 atom stereocenters. The highest BCUT2D eigenvalue weighted by Crippen LogP contribution is 2.17. The maximum atomic E-state index is 5.71. The van der Waals surface area contributed by atoms with Crippen LogP contribution in [0.5, 0.6) is 5.75 Å². The van der Waals surface area contributed by atoms with E-state index in [9.17, 15) is 0 Å². The summed E-state index contributed by atoms with van der Waals surface area (Å²) in [4.78, 5) is 2.31. The van der Waals surface area contributed by atoms with Crippen molar-refractivity contribution in [2.45, 2.75) is 6.92 Å². The monoisotopic (exact) mass is 314 g/mol. The quantitative estimate of drug-likeness (QED) is 0.798. The lowest BCUT2D eigenvalue weighted by Crippen LogP contribution is -2.32. The number of halogens is 1. The van der Waals surface area contributed by atoms with E-state index < -0.39 is 0 Å². The number of ether oxygens (including phenoxy) is 1. The molecule has 0 aliphatic heterocycles. The Morgan fingerprint density at radius 3 is 2.89 bits per heavy atom. The molecule has 0 aromatic heterocycles. The van der Waals surface area contributed by atoms with E-state index in [0.717, 1.165) is 36.5 Å². The Kier molecular flexibility index (Phi) is 7.32. The molecule has 0 saturated carbocycles. The fourth-order valence-electron chi connectivity index (χ4n) is 1.91. The van der Waals surface area contributed by atoms with E-state index in [1.807, 2.05) is 31.3 Å². The summed E-state index contributed by atoms with van der Waals surface area (Å²) in [5.74, 6) is 1.58. The number of benzene rings is 1. The van der Waals surface area contributed by atoms with Crippen molar-refractivity contribution < 1.29 is 4.74 Å². The minimum Gasteiger partial charge on any atom is -0.492 e. The fraction of sp³-hybridized carbons (Fsp3) is 0.571. The summed E-state index contributed by atoms with van der Waals surface area (Å²) < 4.78 is 6.76. The Balaban J connectivity index is 2.21. The molecule has 0 heterocycles. The molecule has 3 nitrogen and oxygen atoms in total. The molecule has 0 bridgehead atoms. The zero-order valence-electron chi connectivity index (χ0n) is 11.4. The van der Waals surface area contributed by atoms with Crippen LogP contribution in [0.25, 0.3) is 0 Å². The van der Waals surface area contributed by atoms with Crippen LogP contribution in [-0.4, -0.2) is 45.2 Å². The molecule has 1 N–H and O–H groups in total. The van der Waals surface area contributed by atoms with E-state index in [2.05, 4.69) is 40.1 Å². The maximum Gasteiger partial charge on any atom is 0.120 e. The number of hydrogen-bond donors (Lipinski definition) is 1. The number of nitrogens with one attached hydrogen (secondary N) is 1. The van der Waals surface area contributed by atoms with E-state index in [-0.39, 0.29) is 0 Å². The van der Waals surface area contributed by atoms with Crippen molar-refractivity contribution in [3.8, 4) is 5.75 Å². The molecule has 0 radical (unpaired) electrons. The lowest BCUT2D eigenvalue weighted by molar-refractivity contribution is 0.218. The van der Waals surface area contributed by atoms with Crippen molar-refractivity contribution in [3.05, 3.63) is 28.7 Å². The lowest BCUT2D eigenvalue weighted by atomic mass is 10.2. The van der Waals surface area contributed by atoms with Gasteiger partial charge in [-0.15, -0.1) is 0 Å². The standard InChI is InChI=1S/C14H23BrN2O/c1-12(10-16-2)11-17(3)7-8-18-14-6-4-5-13(15)9-14/h4-6,9,12,16H,7-8,10-11H2,1-3H3. The largest absolute Gasteiger partial charge is 0.492 e. The predicted octanol–water partition coefficient (Wildman–Crippen LogP) is 2.62. The molecule has 1 rings (SSSR count). The second-order valence-electron chi connectivity index (χ2n) is 4.73. The van der Waals surface area contributed by atoms with Crippen LogP contribution in [0, 0.1) is 5.92 Å².